The molecule has 3 N–H and O–H groups in total. The van der Waals surface area contributed by atoms with Gasteiger partial charge in [0.1, 0.15) is 10.6 Å². The Morgan fingerprint density at radius 2 is 2.12 bits per heavy atom. The number of carbonyl (C=O) groups excluding carboxylic acids is 2. The Hall–Kier alpha value is -2.39. The number of Topliss-reactive ketones (excluding diaryl/α,β-unsaturated/α-hetero) is 1. The van der Waals surface area contributed by atoms with Crippen LogP contribution in [0.15, 0.2) is 16.6 Å². The summed E-state index contributed by atoms with van der Waals surface area (Å²) in [5.41, 5.74) is 7.97. The van der Waals surface area contributed by atoms with E-state index >= 15 is 0 Å². The molecule has 0 saturated heterocycles. The highest BCUT2D eigenvalue weighted by atomic mass is 32.2. The standard InChI is InChI=1S/C17H18N4O3S2/c1-4-24-16(23)12-8(2)13(19-9(12)3)11(22)7-26-17-20-14(18)10-5-6-25-15(10)21-17/h5-6,19H,4,7H2,1-3H3,(H2,18,20,21). The van der Waals surface area contributed by atoms with Crippen LogP contribution >= 0.6 is 23.1 Å². The highest BCUT2D eigenvalue weighted by molar-refractivity contribution is 7.99. The number of nitrogen functional groups attached to an aromatic ring is 1. The minimum Gasteiger partial charge on any atom is -0.462 e. The quantitative estimate of drug-likeness (QED) is 0.287. The molecule has 0 aliphatic heterocycles. The van der Waals surface area contributed by atoms with Crippen molar-refractivity contribution in [2.75, 3.05) is 18.1 Å². The van der Waals surface area contributed by atoms with E-state index in [9.17, 15) is 9.59 Å². The summed E-state index contributed by atoms with van der Waals surface area (Å²) in [6.45, 7) is 5.51. The number of nitrogens with two attached hydrogens (primary N) is 1. The maximum atomic E-state index is 12.6. The number of aryl methyl sites for hydroxylation is 1. The number of esters is 1. The number of ether oxygens (including phenoxy) is 1. The maximum Gasteiger partial charge on any atom is 0.340 e. The summed E-state index contributed by atoms with van der Waals surface area (Å²) in [5.74, 6) is -0.0219. The van der Waals surface area contributed by atoms with Crippen LogP contribution in [-0.4, -0.2) is 39.1 Å². The molecule has 0 atom stereocenters. The van der Waals surface area contributed by atoms with Crippen LogP contribution in [0.25, 0.3) is 10.2 Å². The van der Waals surface area contributed by atoms with Gasteiger partial charge in [0, 0.05) is 5.69 Å². The van der Waals surface area contributed by atoms with E-state index in [2.05, 4.69) is 15.0 Å². The number of ketones is 1. The number of hydrogen-bond donors (Lipinski definition) is 2. The number of hydrogen-bond acceptors (Lipinski definition) is 8. The van der Waals surface area contributed by atoms with Crippen molar-refractivity contribution in [3.05, 3.63) is 34.0 Å². The second-order valence-corrected chi connectivity index (χ2v) is 7.43. The van der Waals surface area contributed by atoms with E-state index in [1.165, 1.54) is 23.1 Å². The van der Waals surface area contributed by atoms with Gasteiger partial charge in [-0.15, -0.1) is 11.3 Å². The van der Waals surface area contributed by atoms with E-state index in [1.807, 2.05) is 11.4 Å². The van der Waals surface area contributed by atoms with E-state index in [1.54, 1.807) is 20.8 Å². The van der Waals surface area contributed by atoms with E-state index in [4.69, 9.17) is 10.5 Å². The van der Waals surface area contributed by atoms with Crippen LogP contribution in [0.5, 0.6) is 0 Å². The van der Waals surface area contributed by atoms with Crippen LogP contribution < -0.4 is 5.73 Å². The third kappa shape index (κ3) is 3.45. The van der Waals surface area contributed by atoms with Crippen LogP contribution in [0, 0.1) is 13.8 Å². The van der Waals surface area contributed by atoms with Crippen molar-refractivity contribution < 1.29 is 14.3 Å². The Labute approximate surface area is 158 Å². The first-order chi connectivity index (χ1) is 12.4. The van der Waals surface area contributed by atoms with Crippen LogP contribution in [-0.2, 0) is 4.74 Å². The summed E-state index contributed by atoms with van der Waals surface area (Å²) in [4.78, 5) is 37.1. The van der Waals surface area contributed by atoms with E-state index in [0.29, 0.717) is 33.5 Å². The molecule has 3 heterocycles. The Balaban J connectivity index is 1.77. The summed E-state index contributed by atoms with van der Waals surface area (Å²) >= 11 is 2.69. The van der Waals surface area contributed by atoms with Crippen molar-refractivity contribution in [3.8, 4) is 0 Å². The lowest BCUT2D eigenvalue weighted by Crippen LogP contribution is -2.08. The molecule has 0 aliphatic rings. The van der Waals surface area contributed by atoms with Gasteiger partial charge in [-0.2, -0.15) is 0 Å². The fraction of sp³-hybridized carbons (Fsp3) is 0.294. The first-order valence-electron chi connectivity index (χ1n) is 7.95. The van der Waals surface area contributed by atoms with Crippen molar-refractivity contribution >= 4 is 50.9 Å². The predicted octanol–water partition coefficient (Wildman–Crippen LogP) is 3.37. The molecule has 3 rings (SSSR count). The SMILES string of the molecule is CCOC(=O)c1c(C)[nH]c(C(=O)CSc2nc(N)c3ccsc3n2)c1C. The summed E-state index contributed by atoms with van der Waals surface area (Å²) in [7, 11) is 0. The van der Waals surface area contributed by atoms with E-state index in [-0.39, 0.29) is 18.1 Å². The Bertz CT molecular complexity index is 993. The molecular formula is C17H18N4O3S2. The molecule has 0 amide bonds. The molecule has 136 valence electrons. The molecule has 26 heavy (non-hydrogen) atoms. The molecule has 0 aromatic carbocycles. The number of anilines is 1. The van der Waals surface area contributed by atoms with Crippen molar-refractivity contribution in [1.82, 2.24) is 15.0 Å². The van der Waals surface area contributed by atoms with E-state index < -0.39 is 5.97 Å². The summed E-state index contributed by atoms with van der Waals surface area (Å²) in [5, 5.41) is 3.18. The largest absolute Gasteiger partial charge is 0.462 e. The van der Waals surface area contributed by atoms with Gasteiger partial charge in [-0.3, -0.25) is 4.79 Å². The van der Waals surface area contributed by atoms with Crippen LogP contribution in [0.4, 0.5) is 5.82 Å². The van der Waals surface area contributed by atoms with Gasteiger partial charge in [0.15, 0.2) is 10.9 Å². The molecule has 0 unspecified atom stereocenters. The third-order valence-corrected chi connectivity index (χ3v) is 5.52. The molecule has 0 radical (unpaired) electrons. The lowest BCUT2D eigenvalue weighted by molar-refractivity contribution is 0.0525. The van der Waals surface area contributed by atoms with Crippen molar-refractivity contribution in [2.45, 2.75) is 25.9 Å². The minimum absolute atomic E-state index is 0.138. The first kappa shape index (κ1) is 18.4. The van der Waals surface area contributed by atoms with Gasteiger partial charge in [-0.25, -0.2) is 14.8 Å². The normalized spacial score (nSPS) is 11.0. The average molecular weight is 390 g/mol. The molecule has 3 aromatic rings. The van der Waals surface area contributed by atoms with Gasteiger partial charge in [0.05, 0.1) is 29.0 Å². The highest BCUT2D eigenvalue weighted by Gasteiger charge is 2.23. The summed E-state index contributed by atoms with van der Waals surface area (Å²) in [6.07, 6.45) is 0. The molecule has 7 nitrogen and oxygen atoms in total. The molecular weight excluding hydrogens is 372 g/mol. The Kier molecular flexibility index (Phi) is 5.28. The number of nitrogens with one attached hydrogen (secondary N) is 1. The zero-order valence-electron chi connectivity index (χ0n) is 14.6. The number of fused-ring (bicyclic) bond motifs is 1. The van der Waals surface area contributed by atoms with Gasteiger partial charge < -0.3 is 15.5 Å². The highest BCUT2D eigenvalue weighted by Crippen LogP contribution is 2.27. The first-order valence-corrected chi connectivity index (χ1v) is 9.81. The Morgan fingerprint density at radius 1 is 1.35 bits per heavy atom. The topological polar surface area (TPSA) is 111 Å². The zero-order chi connectivity index (χ0) is 18.8. The number of H-pyrrole nitrogens is 1. The maximum absolute atomic E-state index is 12.6. The fourth-order valence-electron chi connectivity index (χ4n) is 2.66. The molecule has 3 aromatic heterocycles. The monoisotopic (exact) mass is 390 g/mol. The second kappa shape index (κ2) is 7.46. The molecule has 0 bridgehead atoms. The molecule has 0 fully saturated rings. The fourth-order valence-corrected chi connectivity index (χ4v) is 4.22. The van der Waals surface area contributed by atoms with E-state index in [0.717, 1.165) is 10.2 Å². The van der Waals surface area contributed by atoms with Crippen LogP contribution in [0.2, 0.25) is 0 Å². The number of aromatic nitrogens is 3. The molecule has 9 heteroatoms. The molecule has 0 saturated carbocycles. The summed E-state index contributed by atoms with van der Waals surface area (Å²) < 4.78 is 5.05. The van der Waals surface area contributed by atoms with Crippen molar-refractivity contribution in [3.63, 3.8) is 0 Å². The van der Waals surface area contributed by atoms with Crippen molar-refractivity contribution in [2.24, 2.45) is 0 Å². The van der Waals surface area contributed by atoms with Gasteiger partial charge in [-0.05, 0) is 37.8 Å². The number of aromatic amines is 1. The number of nitrogens with zero attached hydrogens (tertiary/aromatic N) is 2. The zero-order valence-corrected chi connectivity index (χ0v) is 16.2. The number of thioether (sulfide) groups is 1. The smallest absolute Gasteiger partial charge is 0.340 e. The predicted molar refractivity (Wildman–Crippen MR) is 103 cm³/mol. The molecule has 0 spiro atoms. The van der Waals surface area contributed by atoms with Crippen molar-refractivity contribution in [1.29, 1.82) is 0 Å². The van der Waals surface area contributed by atoms with Gasteiger partial charge in [0.2, 0.25) is 0 Å². The lowest BCUT2D eigenvalue weighted by atomic mass is 10.1. The molecule has 0 aliphatic carbocycles. The van der Waals surface area contributed by atoms with Crippen LogP contribution in [0.1, 0.15) is 39.0 Å². The lowest BCUT2D eigenvalue weighted by Gasteiger charge is -2.03. The van der Waals surface area contributed by atoms with Crippen LogP contribution in [0.3, 0.4) is 0 Å². The number of thiophene rings is 1. The summed E-state index contributed by atoms with van der Waals surface area (Å²) in [6, 6.07) is 1.87. The minimum atomic E-state index is -0.426. The third-order valence-electron chi connectivity index (χ3n) is 3.86. The van der Waals surface area contributed by atoms with Gasteiger partial charge in [0.25, 0.3) is 0 Å². The Morgan fingerprint density at radius 3 is 2.85 bits per heavy atom. The average Bonchev–Trinajstić information content (AvgIpc) is 3.17. The number of carbonyl (C=O) groups is 2. The van der Waals surface area contributed by atoms with Gasteiger partial charge in [-0.1, -0.05) is 11.8 Å². The number of rotatable bonds is 6. The van der Waals surface area contributed by atoms with Gasteiger partial charge >= 0.3 is 5.97 Å². The second-order valence-electron chi connectivity index (χ2n) is 5.59.